The van der Waals surface area contributed by atoms with Gasteiger partial charge >= 0.3 is 0 Å². The van der Waals surface area contributed by atoms with Crippen LogP contribution in [-0.4, -0.2) is 41.3 Å². The zero-order chi connectivity index (χ0) is 7.90. The van der Waals surface area contributed by atoms with Crippen LogP contribution < -0.4 is 5.73 Å². The molecule has 0 aromatic rings. The SMILES string of the molecule is NC1CN(CCC2(O)CC2)C1. The van der Waals surface area contributed by atoms with Gasteiger partial charge in [0.1, 0.15) is 0 Å². The summed E-state index contributed by atoms with van der Waals surface area (Å²) in [6, 6.07) is 0.392. The molecular formula is C8H16N2O. The summed E-state index contributed by atoms with van der Waals surface area (Å²) < 4.78 is 0. The largest absolute Gasteiger partial charge is 0.390 e. The van der Waals surface area contributed by atoms with E-state index in [9.17, 15) is 5.11 Å². The maximum absolute atomic E-state index is 9.51. The maximum atomic E-state index is 9.51. The van der Waals surface area contributed by atoms with Crippen LogP contribution in [0.15, 0.2) is 0 Å². The van der Waals surface area contributed by atoms with Crippen molar-refractivity contribution >= 4 is 0 Å². The molecule has 11 heavy (non-hydrogen) atoms. The van der Waals surface area contributed by atoms with Crippen LogP contribution in [-0.2, 0) is 0 Å². The smallest absolute Gasteiger partial charge is 0.0662 e. The van der Waals surface area contributed by atoms with Crippen LogP contribution in [0, 0.1) is 0 Å². The van der Waals surface area contributed by atoms with Crippen molar-refractivity contribution < 1.29 is 5.11 Å². The second kappa shape index (κ2) is 2.44. The van der Waals surface area contributed by atoms with E-state index in [2.05, 4.69) is 4.90 Å². The Bertz CT molecular complexity index is 150. The van der Waals surface area contributed by atoms with Crippen molar-refractivity contribution in [3.05, 3.63) is 0 Å². The Morgan fingerprint density at radius 3 is 2.55 bits per heavy atom. The molecule has 1 saturated heterocycles. The van der Waals surface area contributed by atoms with E-state index in [1.807, 2.05) is 0 Å². The minimum absolute atomic E-state index is 0.278. The Morgan fingerprint density at radius 2 is 2.09 bits per heavy atom. The molecule has 3 N–H and O–H groups in total. The van der Waals surface area contributed by atoms with Gasteiger partial charge in [0.05, 0.1) is 5.60 Å². The molecule has 2 fully saturated rings. The molecule has 0 radical (unpaired) electrons. The van der Waals surface area contributed by atoms with E-state index in [4.69, 9.17) is 5.73 Å². The maximum Gasteiger partial charge on any atom is 0.0662 e. The highest BCUT2D eigenvalue weighted by atomic mass is 16.3. The first kappa shape index (κ1) is 7.53. The molecule has 1 saturated carbocycles. The molecule has 3 nitrogen and oxygen atoms in total. The minimum atomic E-state index is -0.278. The predicted molar refractivity (Wildman–Crippen MR) is 43.2 cm³/mol. The lowest BCUT2D eigenvalue weighted by Crippen LogP contribution is -2.56. The fraction of sp³-hybridized carbons (Fsp3) is 1.00. The van der Waals surface area contributed by atoms with Gasteiger partial charge in [0.15, 0.2) is 0 Å². The van der Waals surface area contributed by atoms with Gasteiger partial charge in [0.25, 0.3) is 0 Å². The summed E-state index contributed by atoms with van der Waals surface area (Å²) in [4.78, 5) is 2.31. The molecule has 2 aliphatic rings. The molecule has 0 amide bonds. The van der Waals surface area contributed by atoms with Crippen molar-refractivity contribution in [1.29, 1.82) is 0 Å². The summed E-state index contributed by atoms with van der Waals surface area (Å²) in [6.45, 7) is 3.08. The minimum Gasteiger partial charge on any atom is -0.390 e. The van der Waals surface area contributed by atoms with E-state index >= 15 is 0 Å². The van der Waals surface area contributed by atoms with Gasteiger partial charge in [-0.05, 0) is 19.3 Å². The van der Waals surface area contributed by atoms with Crippen LogP contribution in [0.2, 0.25) is 0 Å². The number of nitrogens with zero attached hydrogens (tertiary/aromatic N) is 1. The van der Waals surface area contributed by atoms with Gasteiger partial charge in [-0.1, -0.05) is 0 Å². The van der Waals surface area contributed by atoms with Crippen molar-refractivity contribution in [2.24, 2.45) is 5.73 Å². The van der Waals surface area contributed by atoms with Gasteiger partial charge in [0, 0.05) is 25.7 Å². The third-order valence-electron chi connectivity index (χ3n) is 2.71. The average molecular weight is 156 g/mol. The molecule has 3 heteroatoms. The Morgan fingerprint density at radius 1 is 1.45 bits per heavy atom. The monoisotopic (exact) mass is 156 g/mol. The zero-order valence-corrected chi connectivity index (χ0v) is 6.79. The average Bonchev–Trinajstić information content (AvgIpc) is 2.59. The normalized spacial score (nSPS) is 30.0. The lowest BCUT2D eigenvalue weighted by molar-refractivity contribution is 0.0892. The van der Waals surface area contributed by atoms with Gasteiger partial charge < -0.3 is 15.7 Å². The van der Waals surface area contributed by atoms with Crippen LogP contribution >= 0.6 is 0 Å². The van der Waals surface area contributed by atoms with Crippen molar-refractivity contribution in [3.63, 3.8) is 0 Å². The fourth-order valence-corrected chi connectivity index (χ4v) is 1.55. The highest BCUT2D eigenvalue weighted by molar-refractivity contribution is 4.95. The highest BCUT2D eigenvalue weighted by Gasteiger charge is 2.40. The van der Waals surface area contributed by atoms with E-state index in [0.29, 0.717) is 6.04 Å². The Hall–Kier alpha value is -0.120. The quantitative estimate of drug-likeness (QED) is 0.581. The number of rotatable bonds is 3. The van der Waals surface area contributed by atoms with E-state index in [-0.39, 0.29) is 5.60 Å². The van der Waals surface area contributed by atoms with Gasteiger partial charge in [-0.15, -0.1) is 0 Å². The van der Waals surface area contributed by atoms with E-state index < -0.39 is 0 Å². The number of hydrogen-bond acceptors (Lipinski definition) is 3. The topological polar surface area (TPSA) is 49.5 Å². The van der Waals surface area contributed by atoms with Crippen LogP contribution in [0.25, 0.3) is 0 Å². The molecule has 1 aliphatic carbocycles. The van der Waals surface area contributed by atoms with E-state index in [1.165, 1.54) is 0 Å². The lowest BCUT2D eigenvalue weighted by atomic mass is 10.1. The van der Waals surface area contributed by atoms with Crippen molar-refractivity contribution in [1.82, 2.24) is 4.90 Å². The zero-order valence-electron chi connectivity index (χ0n) is 6.79. The number of nitrogens with two attached hydrogens (primary N) is 1. The van der Waals surface area contributed by atoms with Crippen LogP contribution in [0.4, 0.5) is 0 Å². The van der Waals surface area contributed by atoms with Crippen molar-refractivity contribution in [3.8, 4) is 0 Å². The third kappa shape index (κ3) is 1.72. The fourth-order valence-electron chi connectivity index (χ4n) is 1.55. The van der Waals surface area contributed by atoms with Gasteiger partial charge in [-0.25, -0.2) is 0 Å². The molecule has 0 spiro atoms. The number of hydrogen-bond donors (Lipinski definition) is 2. The molecule has 0 aromatic carbocycles. The second-order valence-corrected chi connectivity index (χ2v) is 3.99. The first-order chi connectivity index (χ1) is 5.18. The third-order valence-corrected chi connectivity index (χ3v) is 2.71. The lowest BCUT2D eigenvalue weighted by Gasteiger charge is -2.37. The van der Waals surface area contributed by atoms with Crippen molar-refractivity contribution in [2.45, 2.75) is 30.9 Å². The molecular weight excluding hydrogens is 140 g/mol. The standard InChI is InChI=1S/C8H16N2O/c9-7-5-10(6-7)4-3-8(11)1-2-8/h7,11H,1-6,9H2. The van der Waals surface area contributed by atoms with Gasteiger partial charge in [-0.3, -0.25) is 0 Å². The molecule has 0 atom stereocenters. The molecule has 1 heterocycles. The van der Waals surface area contributed by atoms with E-state index in [1.54, 1.807) is 0 Å². The van der Waals surface area contributed by atoms with Crippen LogP contribution in [0.1, 0.15) is 19.3 Å². The summed E-state index contributed by atoms with van der Waals surface area (Å²) in [5.41, 5.74) is 5.34. The summed E-state index contributed by atoms with van der Waals surface area (Å²) in [5, 5.41) is 9.51. The molecule has 2 rings (SSSR count). The van der Waals surface area contributed by atoms with Crippen LogP contribution in [0.3, 0.4) is 0 Å². The first-order valence-electron chi connectivity index (χ1n) is 4.38. The Labute approximate surface area is 67.2 Å². The summed E-state index contributed by atoms with van der Waals surface area (Å²) in [7, 11) is 0. The van der Waals surface area contributed by atoms with Gasteiger partial charge in [-0.2, -0.15) is 0 Å². The molecule has 1 aliphatic heterocycles. The molecule has 0 unspecified atom stereocenters. The summed E-state index contributed by atoms with van der Waals surface area (Å²) in [5.74, 6) is 0. The second-order valence-electron chi connectivity index (χ2n) is 3.99. The van der Waals surface area contributed by atoms with Crippen molar-refractivity contribution in [2.75, 3.05) is 19.6 Å². The Kier molecular flexibility index (Phi) is 1.67. The molecule has 64 valence electrons. The summed E-state index contributed by atoms with van der Waals surface area (Å²) in [6.07, 6.45) is 2.96. The molecule has 0 aromatic heterocycles. The molecule has 0 bridgehead atoms. The van der Waals surface area contributed by atoms with Gasteiger partial charge in [0.2, 0.25) is 0 Å². The predicted octanol–water partition coefficient (Wildman–Crippen LogP) is -0.456. The highest BCUT2D eigenvalue weighted by Crippen LogP contribution is 2.38. The first-order valence-corrected chi connectivity index (χ1v) is 4.38. The van der Waals surface area contributed by atoms with E-state index in [0.717, 1.165) is 38.9 Å². The number of aliphatic hydroxyl groups is 1. The number of likely N-dealkylation sites (tertiary alicyclic amines) is 1. The Balaban J connectivity index is 1.61. The van der Waals surface area contributed by atoms with Crippen LogP contribution in [0.5, 0.6) is 0 Å². The summed E-state index contributed by atoms with van der Waals surface area (Å²) >= 11 is 0.